The highest BCUT2D eigenvalue weighted by Gasteiger charge is 2.30. The predicted molar refractivity (Wildman–Crippen MR) is 116 cm³/mol. The van der Waals surface area contributed by atoms with Crippen molar-refractivity contribution in [2.24, 2.45) is 5.92 Å². The molecule has 5 nitrogen and oxygen atoms in total. The molecule has 1 aliphatic heterocycles. The number of benzene rings is 2. The third kappa shape index (κ3) is 5.60. The topological polar surface area (TPSA) is 87.0 Å². The Hall–Kier alpha value is -2.96. The second-order valence-electron chi connectivity index (χ2n) is 8.03. The molecule has 0 amide bonds. The van der Waals surface area contributed by atoms with E-state index in [2.05, 4.69) is 0 Å². The minimum Gasteiger partial charge on any atom is -0.485 e. The number of para-hydroxylation sites is 1. The van der Waals surface area contributed by atoms with Crippen molar-refractivity contribution in [3.63, 3.8) is 0 Å². The van der Waals surface area contributed by atoms with Crippen LogP contribution in [0.5, 0.6) is 5.75 Å². The molecule has 0 aromatic heterocycles. The second kappa shape index (κ2) is 9.90. The average Bonchev–Trinajstić information content (AvgIpc) is 2.71. The van der Waals surface area contributed by atoms with Gasteiger partial charge in [0.25, 0.3) is 0 Å². The van der Waals surface area contributed by atoms with Crippen LogP contribution in [0.3, 0.4) is 0 Å². The fourth-order valence-electron chi connectivity index (χ4n) is 3.74. The standard InChI is InChI=1S/C25H27FO5/c1-15(2)25-21(12-11-18(27)13-19(28)14-23(29)30)24(16-7-9-17(26)10-8-16)20-5-3-4-6-22(20)31-25/h3-12,15,18-19,25,27-28H,13-14H2,1-2H3,(H,29,30)/b12-11+. The number of hydrogen-bond acceptors (Lipinski definition) is 4. The Morgan fingerprint density at radius 3 is 2.45 bits per heavy atom. The molecule has 0 spiro atoms. The smallest absolute Gasteiger partial charge is 0.305 e. The Kier molecular flexibility index (Phi) is 7.25. The van der Waals surface area contributed by atoms with E-state index in [1.165, 1.54) is 18.2 Å². The first-order chi connectivity index (χ1) is 14.8. The van der Waals surface area contributed by atoms with Crippen molar-refractivity contribution < 1.29 is 29.2 Å². The molecule has 2 aromatic carbocycles. The molecule has 0 saturated carbocycles. The molecule has 0 saturated heterocycles. The van der Waals surface area contributed by atoms with Crippen molar-refractivity contribution in [2.75, 3.05) is 0 Å². The Balaban J connectivity index is 2.05. The lowest BCUT2D eigenvalue weighted by molar-refractivity contribution is -0.139. The van der Waals surface area contributed by atoms with Gasteiger partial charge in [-0.25, -0.2) is 4.39 Å². The van der Waals surface area contributed by atoms with Gasteiger partial charge in [0.05, 0.1) is 18.6 Å². The van der Waals surface area contributed by atoms with E-state index in [1.54, 1.807) is 18.2 Å². The molecular weight excluding hydrogens is 399 g/mol. The van der Waals surface area contributed by atoms with Gasteiger partial charge in [-0.05, 0) is 35.3 Å². The highest BCUT2D eigenvalue weighted by molar-refractivity contribution is 5.88. The predicted octanol–water partition coefficient (Wildman–Crippen LogP) is 4.19. The van der Waals surface area contributed by atoms with Gasteiger partial charge in [0, 0.05) is 17.6 Å². The minimum absolute atomic E-state index is 0.0915. The van der Waals surface area contributed by atoms with Crippen molar-refractivity contribution in [2.45, 2.75) is 45.0 Å². The molecule has 6 heteroatoms. The number of aliphatic hydroxyl groups is 2. The average molecular weight is 426 g/mol. The Morgan fingerprint density at radius 2 is 1.81 bits per heavy atom. The highest BCUT2D eigenvalue weighted by Crippen LogP contribution is 2.42. The normalized spacial score (nSPS) is 18.1. The van der Waals surface area contributed by atoms with E-state index in [-0.39, 0.29) is 24.3 Å². The molecule has 0 aliphatic carbocycles. The van der Waals surface area contributed by atoms with Crippen molar-refractivity contribution in [3.05, 3.63) is 83.2 Å². The van der Waals surface area contributed by atoms with Crippen LogP contribution >= 0.6 is 0 Å². The number of rotatable bonds is 8. The van der Waals surface area contributed by atoms with Crippen molar-refractivity contribution in [3.8, 4) is 5.75 Å². The van der Waals surface area contributed by atoms with Gasteiger partial charge in [0.1, 0.15) is 17.7 Å². The molecule has 3 unspecified atom stereocenters. The fourth-order valence-corrected chi connectivity index (χ4v) is 3.74. The van der Waals surface area contributed by atoms with E-state index in [0.717, 1.165) is 28.0 Å². The number of hydrogen-bond donors (Lipinski definition) is 3. The first-order valence-corrected chi connectivity index (χ1v) is 10.3. The van der Waals surface area contributed by atoms with Gasteiger partial charge >= 0.3 is 5.97 Å². The maximum atomic E-state index is 13.6. The number of aliphatic carboxylic acids is 1. The highest BCUT2D eigenvalue weighted by atomic mass is 19.1. The molecule has 2 aromatic rings. The van der Waals surface area contributed by atoms with Crippen LogP contribution in [0.1, 0.15) is 37.8 Å². The van der Waals surface area contributed by atoms with Crippen LogP contribution in [-0.4, -0.2) is 39.6 Å². The van der Waals surface area contributed by atoms with Crippen LogP contribution in [0, 0.1) is 11.7 Å². The molecule has 164 valence electrons. The van der Waals surface area contributed by atoms with Gasteiger partial charge in [0.2, 0.25) is 0 Å². The largest absolute Gasteiger partial charge is 0.485 e. The van der Waals surface area contributed by atoms with Crippen LogP contribution in [0.4, 0.5) is 4.39 Å². The summed E-state index contributed by atoms with van der Waals surface area (Å²) in [6, 6.07) is 13.9. The number of carboxylic acids is 1. The number of aliphatic hydroxyl groups excluding tert-OH is 2. The first-order valence-electron chi connectivity index (χ1n) is 10.3. The van der Waals surface area contributed by atoms with Gasteiger partial charge in [0.15, 0.2) is 0 Å². The van der Waals surface area contributed by atoms with Crippen molar-refractivity contribution in [1.82, 2.24) is 0 Å². The second-order valence-corrected chi connectivity index (χ2v) is 8.03. The van der Waals surface area contributed by atoms with Gasteiger partial charge in [-0.1, -0.05) is 56.3 Å². The van der Waals surface area contributed by atoms with Gasteiger partial charge in [-0.3, -0.25) is 4.79 Å². The van der Waals surface area contributed by atoms with E-state index in [1.807, 2.05) is 38.1 Å². The Morgan fingerprint density at radius 1 is 1.13 bits per heavy atom. The summed E-state index contributed by atoms with van der Waals surface area (Å²) in [5, 5.41) is 28.9. The number of ether oxygens (including phenoxy) is 1. The first kappa shape index (κ1) is 22.7. The lowest BCUT2D eigenvalue weighted by Crippen LogP contribution is -2.29. The monoisotopic (exact) mass is 426 g/mol. The summed E-state index contributed by atoms with van der Waals surface area (Å²) in [4.78, 5) is 10.7. The maximum Gasteiger partial charge on any atom is 0.305 e. The maximum absolute atomic E-state index is 13.6. The van der Waals surface area contributed by atoms with E-state index < -0.39 is 24.6 Å². The molecule has 0 fully saturated rings. The SMILES string of the molecule is CC(C)C1Oc2ccccc2C(c2ccc(F)cc2)=C1/C=C/C(O)CC(O)CC(=O)O. The summed E-state index contributed by atoms with van der Waals surface area (Å²) in [6.07, 6.45) is 0.301. The van der Waals surface area contributed by atoms with Crippen molar-refractivity contribution in [1.29, 1.82) is 0 Å². The molecule has 0 bridgehead atoms. The summed E-state index contributed by atoms with van der Waals surface area (Å²) < 4.78 is 19.8. The Bertz CT molecular complexity index is 978. The zero-order valence-corrected chi connectivity index (χ0v) is 17.5. The van der Waals surface area contributed by atoms with E-state index >= 15 is 0 Å². The molecular formula is C25H27FO5. The van der Waals surface area contributed by atoms with Crippen LogP contribution in [-0.2, 0) is 4.79 Å². The summed E-state index contributed by atoms with van der Waals surface area (Å²) in [5.41, 5.74) is 3.40. The summed E-state index contributed by atoms with van der Waals surface area (Å²) in [5.74, 6) is -0.611. The van der Waals surface area contributed by atoms with Crippen LogP contribution < -0.4 is 4.74 Å². The van der Waals surface area contributed by atoms with E-state index in [4.69, 9.17) is 9.84 Å². The van der Waals surface area contributed by atoms with Gasteiger partial charge in [-0.15, -0.1) is 0 Å². The molecule has 3 rings (SSSR count). The van der Waals surface area contributed by atoms with Crippen LogP contribution in [0.25, 0.3) is 5.57 Å². The fraction of sp³-hybridized carbons (Fsp3) is 0.320. The molecule has 3 atom stereocenters. The zero-order valence-electron chi connectivity index (χ0n) is 17.5. The summed E-state index contributed by atoms with van der Waals surface area (Å²) in [7, 11) is 0. The number of carbonyl (C=O) groups is 1. The molecule has 1 aliphatic rings. The summed E-state index contributed by atoms with van der Waals surface area (Å²) >= 11 is 0. The van der Waals surface area contributed by atoms with Crippen LogP contribution in [0.2, 0.25) is 0 Å². The quantitative estimate of drug-likeness (QED) is 0.589. The number of fused-ring (bicyclic) bond motifs is 1. The third-order valence-corrected chi connectivity index (χ3v) is 5.17. The minimum atomic E-state index is -1.15. The van der Waals surface area contributed by atoms with Gasteiger partial charge in [-0.2, -0.15) is 0 Å². The Labute approximate surface area is 181 Å². The lowest BCUT2D eigenvalue weighted by atomic mass is 9.84. The zero-order chi connectivity index (χ0) is 22.5. The van der Waals surface area contributed by atoms with Gasteiger partial charge < -0.3 is 20.1 Å². The van der Waals surface area contributed by atoms with Crippen LogP contribution in [0.15, 0.2) is 66.3 Å². The number of carboxylic acid groups (broad SMARTS) is 1. The van der Waals surface area contributed by atoms with Crippen molar-refractivity contribution >= 4 is 11.5 Å². The lowest BCUT2D eigenvalue weighted by Gasteiger charge is -2.33. The number of halogens is 1. The molecule has 3 N–H and O–H groups in total. The van der Waals surface area contributed by atoms with E-state index in [0.29, 0.717) is 0 Å². The van der Waals surface area contributed by atoms with E-state index in [9.17, 15) is 19.4 Å². The third-order valence-electron chi connectivity index (χ3n) is 5.17. The molecule has 31 heavy (non-hydrogen) atoms. The molecule has 1 heterocycles. The molecule has 0 radical (unpaired) electrons. The summed E-state index contributed by atoms with van der Waals surface area (Å²) in [6.45, 7) is 4.06.